The smallest absolute Gasteiger partial charge is 0.335 e. The molecule has 0 unspecified atom stereocenters. The van der Waals surface area contributed by atoms with Gasteiger partial charge in [0.1, 0.15) is 0 Å². The van der Waals surface area contributed by atoms with Gasteiger partial charge in [0.15, 0.2) is 0 Å². The summed E-state index contributed by atoms with van der Waals surface area (Å²) in [5.41, 5.74) is 8.97. The molecule has 138 valence electrons. The number of carboxylic acids is 1. The topological polar surface area (TPSA) is 122 Å². The lowest BCUT2D eigenvalue weighted by Crippen LogP contribution is -2.11. The zero-order valence-corrected chi connectivity index (χ0v) is 14.7. The van der Waals surface area contributed by atoms with Crippen LogP contribution in [0.5, 0.6) is 0 Å². The monoisotopic (exact) mass is 365 g/mol. The Morgan fingerprint density at radius 3 is 2.37 bits per heavy atom. The van der Waals surface area contributed by atoms with Crippen LogP contribution in [-0.4, -0.2) is 22.9 Å². The minimum atomic E-state index is -0.997. The van der Waals surface area contributed by atoms with Crippen LogP contribution >= 0.6 is 0 Å². The van der Waals surface area contributed by atoms with E-state index in [1.807, 2.05) is 6.92 Å². The number of carbonyl (C=O) groups is 3. The maximum atomic E-state index is 12.6. The third-order valence-electron chi connectivity index (χ3n) is 4.28. The van der Waals surface area contributed by atoms with Crippen molar-refractivity contribution in [1.82, 2.24) is 0 Å². The van der Waals surface area contributed by atoms with E-state index in [2.05, 4.69) is 10.6 Å². The number of benzene rings is 2. The van der Waals surface area contributed by atoms with Gasteiger partial charge in [-0.2, -0.15) is 0 Å². The van der Waals surface area contributed by atoms with E-state index in [0.29, 0.717) is 34.5 Å². The Morgan fingerprint density at radius 2 is 1.78 bits per heavy atom. The van der Waals surface area contributed by atoms with Crippen molar-refractivity contribution in [2.75, 3.05) is 10.6 Å². The number of nitrogens with one attached hydrogen (secondary N) is 2. The fourth-order valence-corrected chi connectivity index (χ4v) is 3.00. The number of amides is 2. The summed E-state index contributed by atoms with van der Waals surface area (Å²) in [6, 6.07) is 11.2. The van der Waals surface area contributed by atoms with E-state index in [0.717, 1.165) is 12.1 Å². The average molecular weight is 365 g/mol. The fraction of sp³-hybridized carbons (Fsp3) is 0.150. The van der Waals surface area contributed by atoms with Crippen LogP contribution < -0.4 is 16.4 Å². The van der Waals surface area contributed by atoms with Gasteiger partial charge in [-0.05, 0) is 42.8 Å². The maximum Gasteiger partial charge on any atom is 0.335 e. The molecule has 0 aliphatic carbocycles. The summed E-state index contributed by atoms with van der Waals surface area (Å²) in [7, 11) is 0. The lowest BCUT2D eigenvalue weighted by molar-refractivity contribution is -0.110. The normalized spacial score (nSPS) is 14.3. The van der Waals surface area contributed by atoms with Crippen LogP contribution in [0.25, 0.3) is 5.57 Å². The highest BCUT2D eigenvalue weighted by Gasteiger charge is 2.28. The molecule has 0 spiro atoms. The summed E-state index contributed by atoms with van der Waals surface area (Å²) >= 11 is 0. The molecule has 1 heterocycles. The second-order valence-corrected chi connectivity index (χ2v) is 6.19. The van der Waals surface area contributed by atoms with Crippen LogP contribution in [0.2, 0.25) is 0 Å². The molecule has 3 rings (SSSR count). The number of rotatable bonds is 6. The molecule has 0 aromatic heterocycles. The largest absolute Gasteiger partial charge is 0.478 e. The number of aromatic carboxylic acids is 1. The predicted octanol–water partition coefficient (Wildman–Crippen LogP) is 3.06. The van der Waals surface area contributed by atoms with Crippen molar-refractivity contribution in [2.45, 2.75) is 19.8 Å². The van der Waals surface area contributed by atoms with Crippen molar-refractivity contribution in [1.29, 1.82) is 0 Å². The molecular formula is C20H19N3O4. The van der Waals surface area contributed by atoms with E-state index in [1.165, 1.54) is 12.1 Å². The molecule has 2 aromatic rings. The molecule has 2 amide bonds. The van der Waals surface area contributed by atoms with Crippen molar-refractivity contribution in [3.8, 4) is 0 Å². The van der Waals surface area contributed by atoms with Gasteiger partial charge in [0, 0.05) is 28.2 Å². The van der Waals surface area contributed by atoms with E-state index < -0.39 is 11.9 Å². The quantitative estimate of drug-likeness (QED) is 0.586. The van der Waals surface area contributed by atoms with Crippen LogP contribution in [0.1, 0.15) is 46.0 Å². The molecule has 0 atom stereocenters. The van der Waals surface area contributed by atoms with Gasteiger partial charge in [-0.15, -0.1) is 0 Å². The van der Waals surface area contributed by atoms with Crippen molar-refractivity contribution in [2.24, 2.45) is 5.73 Å². The van der Waals surface area contributed by atoms with Crippen LogP contribution in [-0.2, 0) is 4.79 Å². The van der Waals surface area contributed by atoms with Gasteiger partial charge in [0.2, 0.25) is 5.91 Å². The Labute approximate surface area is 155 Å². The van der Waals surface area contributed by atoms with Crippen LogP contribution in [0.3, 0.4) is 0 Å². The first-order chi connectivity index (χ1) is 12.9. The molecule has 0 saturated carbocycles. The zero-order chi connectivity index (χ0) is 19.6. The predicted molar refractivity (Wildman–Crippen MR) is 102 cm³/mol. The SMILES string of the molecule is CCC/C(Nc1ccc(C(=O)O)cc1)=C1/C(=O)Nc2cc(C(N)=O)ccc21. The van der Waals surface area contributed by atoms with Crippen LogP contribution in [0, 0.1) is 0 Å². The number of primary amides is 1. The highest BCUT2D eigenvalue weighted by atomic mass is 16.4. The highest BCUT2D eigenvalue weighted by Crippen LogP contribution is 2.36. The van der Waals surface area contributed by atoms with Gasteiger partial charge in [0.25, 0.3) is 5.91 Å². The van der Waals surface area contributed by atoms with E-state index in [-0.39, 0.29) is 11.5 Å². The standard InChI is InChI=1S/C20H19N3O4/c1-2-3-15(22-13-7-4-11(5-8-13)20(26)27)17-14-9-6-12(18(21)24)10-16(14)23-19(17)25/h4-10,22H,2-3H2,1H3,(H2,21,24)(H,23,25)(H,26,27)/b17-15-. The Bertz CT molecular complexity index is 962. The third kappa shape index (κ3) is 3.67. The Morgan fingerprint density at radius 1 is 1.11 bits per heavy atom. The van der Waals surface area contributed by atoms with E-state index in [4.69, 9.17) is 10.8 Å². The number of fused-ring (bicyclic) bond motifs is 1. The minimum Gasteiger partial charge on any atom is -0.478 e. The number of hydrogen-bond donors (Lipinski definition) is 4. The van der Waals surface area contributed by atoms with E-state index >= 15 is 0 Å². The summed E-state index contributed by atoms with van der Waals surface area (Å²) in [5.74, 6) is -1.82. The molecule has 1 aliphatic heterocycles. The fourth-order valence-electron chi connectivity index (χ4n) is 3.00. The third-order valence-corrected chi connectivity index (χ3v) is 4.28. The summed E-state index contributed by atoms with van der Waals surface area (Å²) in [6.07, 6.45) is 1.43. The van der Waals surface area contributed by atoms with Gasteiger partial charge in [-0.1, -0.05) is 19.4 Å². The minimum absolute atomic E-state index is 0.188. The molecule has 5 N–H and O–H groups in total. The molecule has 0 bridgehead atoms. The molecule has 0 radical (unpaired) electrons. The molecular weight excluding hydrogens is 346 g/mol. The van der Waals surface area contributed by atoms with Gasteiger partial charge < -0.3 is 21.5 Å². The molecule has 27 heavy (non-hydrogen) atoms. The molecule has 0 saturated heterocycles. The molecule has 2 aromatic carbocycles. The van der Waals surface area contributed by atoms with Gasteiger partial charge in [-0.25, -0.2) is 4.79 Å². The lowest BCUT2D eigenvalue weighted by Gasteiger charge is -2.14. The Kier molecular flexibility index (Phi) is 4.94. The number of allylic oxidation sites excluding steroid dienone is 1. The van der Waals surface area contributed by atoms with Crippen molar-refractivity contribution < 1.29 is 19.5 Å². The Hall–Kier alpha value is -3.61. The van der Waals surface area contributed by atoms with E-state index in [1.54, 1.807) is 30.3 Å². The molecule has 7 heteroatoms. The highest BCUT2D eigenvalue weighted by molar-refractivity contribution is 6.32. The van der Waals surface area contributed by atoms with Crippen molar-refractivity contribution in [3.05, 3.63) is 64.9 Å². The lowest BCUT2D eigenvalue weighted by atomic mass is 10.0. The Balaban J connectivity index is 2.00. The zero-order valence-electron chi connectivity index (χ0n) is 14.7. The average Bonchev–Trinajstić information content (AvgIpc) is 2.96. The first-order valence-corrected chi connectivity index (χ1v) is 8.49. The summed E-state index contributed by atoms with van der Waals surface area (Å²) < 4.78 is 0. The number of carboxylic acid groups (broad SMARTS) is 1. The maximum absolute atomic E-state index is 12.6. The van der Waals surface area contributed by atoms with Gasteiger partial charge in [0.05, 0.1) is 11.1 Å². The van der Waals surface area contributed by atoms with Crippen molar-refractivity contribution in [3.63, 3.8) is 0 Å². The van der Waals surface area contributed by atoms with E-state index in [9.17, 15) is 14.4 Å². The van der Waals surface area contributed by atoms with Crippen molar-refractivity contribution >= 4 is 34.7 Å². The second kappa shape index (κ2) is 7.33. The first-order valence-electron chi connectivity index (χ1n) is 8.49. The van der Waals surface area contributed by atoms with Gasteiger partial charge >= 0.3 is 5.97 Å². The molecule has 1 aliphatic rings. The summed E-state index contributed by atoms with van der Waals surface area (Å²) in [6.45, 7) is 2.00. The number of hydrogen-bond acceptors (Lipinski definition) is 4. The molecule has 7 nitrogen and oxygen atoms in total. The summed E-state index contributed by atoms with van der Waals surface area (Å²) in [4.78, 5) is 34.9. The number of anilines is 2. The first kappa shape index (κ1) is 18.2. The number of nitrogens with two attached hydrogens (primary N) is 1. The van der Waals surface area contributed by atoms with Crippen LogP contribution in [0.15, 0.2) is 48.2 Å². The second-order valence-electron chi connectivity index (χ2n) is 6.19. The molecule has 0 fully saturated rings. The number of carbonyl (C=O) groups excluding carboxylic acids is 2. The summed E-state index contributed by atoms with van der Waals surface area (Å²) in [5, 5.41) is 15.0. The van der Waals surface area contributed by atoms with Gasteiger partial charge in [-0.3, -0.25) is 9.59 Å². The van der Waals surface area contributed by atoms with Crippen LogP contribution in [0.4, 0.5) is 11.4 Å².